The highest BCUT2D eigenvalue weighted by Gasteiger charge is 2.69. The molecule has 2 heterocycles. The standard InChI is InChI=1S/C29H45NO3/c1-27-13-3-2-7-22(27)9-10-24-23(27)11-14-28(21-32-20-18-30-16-4-5-17-30)25(12-15-29(24,28)31)26-8-6-19-33-26/h6,8,19,22-25,31H,2-5,7,9-18,20-21H2,1H3/t22-,23-,24+,25+,27-,28-,29-/m0/s1. The largest absolute Gasteiger partial charge is 0.469 e. The Kier molecular flexibility index (Phi) is 5.94. The van der Waals surface area contributed by atoms with E-state index in [0.29, 0.717) is 23.9 Å². The number of hydrogen-bond acceptors (Lipinski definition) is 4. The third kappa shape index (κ3) is 3.49. The maximum absolute atomic E-state index is 12.7. The van der Waals surface area contributed by atoms with Crippen LogP contribution in [0.3, 0.4) is 0 Å². The van der Waals surface area contributed by atoms with Gasteiger partial charge in [0.1, 0.15) is 5.76 Å². The summed E-state index contributed by atoms with van der Waals surface area (Å²) in [5.74, 6) is 3.33. The first-order valence-electron chi connectivity index (χ1n) is 14.1. The van der Waals surface area contributed by atoms with Gasteiger partial charge in [-0.2, -0.15) is 0 Å². The monoisotopic (exact) mass is 455 g/mol. The number of furan rings is 1. The first kappa shape index (κ1) is 22.6. The highest BCUT2D eigenvalue weighted by molar-refractivity contribution is 5.25. The lowest BCUT2D eigenvalue weighted by atomic mass is 9.43. The lowest BCUT2D eigenvalue weighted by molar-refractivity contribution is -0.221. The van der Waals surface area contributed by atoms with Crippen molar-refractivity contribution in [1.82, 2.24) is 4.90 Å². The quantitative estimate of drug-likeness (QED) is 0.534. The highest BCUT2D eigenvalue weighted by atomic mass is 16.5. The van der Waals surface area contributed by atoms with Crippen LogP contribution in [-0.2, 0) is 4.74 Å². The second-order valence-electron chi connectivity index (χ2n) is 12.6. The third-order valence-electron chi connectivity index (χ3n) is 11.5. The van der Waals surface area contributed by atoms with Crippen LogP contribution in [0.1, 0.15) is 95.7 Å². The van der Waals surface area contributed by atoms with Crippen molar-refractivity contribution in [2.75, 3.05) is 32.8 Å². The number of likely N-dealkylation sites (tertiary alicyclic amines) is 1. The summed E-state index contributed by atoms with van der Waals surface area (Å²) in [4.78, 5) is 2.53. The van der Waals surface area contributed by atoms with E-state index in [9.17, 15) is 5.11 Å². The van der Waals surface area contributed by atoms with E-state index < -0.39 is 5.60 Å². The van der Waals surface area contributed by atoms with Gasteiger partial charge in [0.25, 0.3) is 0 Å². The Balaban J connectivity index is 1.27. The molecule has 4 aliphatic carbocycles. The summed E-state index contributed by atoms with van der Waals surface area (Å²) < 4.78 is 12.5. The van der Waals surface area contributed by atoms with Crippen molar-refractivity contribution in [2.45, 2.75) is 95.5 Å². The van der Waals surface area contributed by atoms with Gasteiger partial charge in [0.2, 0.25) is 0 Å². The number of nitrogens with zero attached hydrogens (tertiary/aromatic N) is 1. The fraction of sp³-hybridized carbons (Fsp3) is 0.862. The van der Waals surface area contributed by atoms with Crippen molar-refractivity contribution in [1.29, 1.82) is 0 Å². The highest BCUT2D eigenvalue weighted by Crippen LogP contribution is 2.70. The third-order valence-corrected chi connectivity index (χ3v) is 11.5. The van der Waals surface area contributed by atoms with Crippen molar-refractivity contribution < 1.29 is 14.3 Å². The molecule has 0 aromatic carbocycles. The van der Waals surface area contributed by atoms with Gasteiger partial charge in [-0.25, -0.2) is 0 Å². The number of fused-ring (bicyclic) bond motifs is 5. The smallest absolute Gasteiger partial charge is 0.107 e. The summed E-state index contributed by atoms with van der Waals surface area (Å²) in [6, 6.07) is 4.17. The topological polar surface area (TPSA) is 45.8 Å². The molecule has 33 heavy (non-hydrogen) atoms. The van der Waals surface area contributed by atoms with Crippen LogP contribution in [0.2, 0.25) is 0 Å². The molecule has 4 saturated carbocycles. The van der Waals surface area contributed by atoms with E-state index in [1.807, 2.05) is 12.3 Å². The number of ether oxygens (including phenoxy) is 1. The molecular weight excluding hydrogens is 410 g/mol. The van der Waals surface area contributed by atoms with Crippen LogP contribution >= 0.6 is 0 Å². The van der Waals surface area contributed by atoms with Gasteiger partial charge >= 0.3 is 0 Å². The Labute approximate surface area is 200 Å². The Bertz CT molecular complexity index is 804. The fourth-order valence-corrected chi connectivity index (χ4v) is 9.74. The molecule has 0 spiro atoms. The van der Waals surface area contributed by atoms with Gasteiger partial charge in [-0.05, 0) is 113 Å². The van der Waals surface area contributed by atoms with E-state index in [4.69, 9.17) is 9.15 Å². The van der Waals surface area contributed by atoms with Crippen LogP contribution in [0.4, 0.5) is 0 Å². The predicted octanol–water partition coefficient (Wildman–Crippen LogP) is 6.00. The van der Waals surface area contributed by atoms with Gasteiger partial charge in [0.05, 0.1) is 25.1 Å². The van der Waals surface area contributed by atoms with Crippen LogP contribution in [0.5, 0.6) is 0 Å². The zero-order chi connectivity index (χ0) is 22.5. The molecule has 1 aliphatic heterocycles. The molecule has 6 rings (SSSR count). The lowest BCUT2D eigenvalue weighted by Crippen LogP contribution is -2.63. The molecule has 1 aromatic rings. The molecule has 7 atom stereocenters. The Morgan fingerprint density at radius 1 is 1.00 bits per heavy atom. The summed E-state index contributed by atoms with van der Waals surface area (Å²) >= 11 is 0. The van der Waals surface area contributed by atoms with Crippen molar-refractivity contribution in [2.24, 2.45) is 28.6 Å². The lowest BCUT2D eigenvalue weighted by Gasteiger charge is -2.63. The zero-order valence-electron chi connectivity index (χ0n) is 20.8. The van der Waals surface area contributed by atoms with Crippen LogP contribution < -0.4 is 0 Å². The summed E-state index contributed by atoms with van der Waals surface area (Å²) in [5.41, 5.74) is -0.385. The molecular formula is C29H45NO3. The summed E-state index contributed by atoms with van der Waals surface area (Å²) in [7, 11) is 0. The predicted molar refractivity (Wildman–Crippen MR) is 130 cm³/mol. The molecule has 1 aromatic heterocycles. The summed E-state index contributed by atoms with van der Waals surface area (Å²) in [5, 5.41) is 12.7. The van der Waals surface area contributed by atoms with Gasteiger partial charge in [0, 0.05) is 17.9 Å². The second kappa shape index (κ2) is 8.68. The van der Waals surface area contributed by atoms with Crippen molar-refractivity contribution in [3.05, 3.63) is 24.2 Å². The number of hydrogen-bond donors (Lipinski definition) is 1. The van der Waals surface area contributed by atoms with Gasteiger partial charge in [-0.15, -0.1) is 0 Å². The second-order valence-corrected chi connectivity index (χ2v) is 12.6. The normalized spacial score (nSPS) is 45.5. The van der Waals surface area contributed by atoms with E-state index in [1.165, 1.54) is 70.9 Å². The average molecular weight is 456 g/mol. The number of aliphatic hydroxyl groups is 1. The first-order valence-corrected chi connectivity index (χ1v) is 14.1. The molecule has 1 saturated heterocycles. The zero-order valence-corrected chi connectivity index (χ0v) is 20.8. The first-order chi connectivity index (χ1) is 16.1. The Hall–Kier alpha value is -0.840. The molecule has 184 valence electrons. The molecule has 1 N–H and O–H groups in total. The Morgan fingerprint density at radius 3 is 2.70 bits per heavy atom. The van der Waals surface area contributed by atoms with E-state index in [2.05, 4.69) is 17.9 Å². The molecule has 0 amide bonds. The molecule has 4 heteroatoms. The molecule has 4 nitrogen and oxygen atoms in total. The molecule has 5 fully saturated rings. The van der Waals surface area contributed by atoms with E-state index in [0.717, 1.165) is 44.1 Å². The van der Waals surface area contributed by atoms with Gasteiger partial charge < -0.3 is 19.2 Å². The minimum absolute atomic E-state index is 0.200. The van der Waals surface area contributed by atoms with E-state index in [1.54, 1.807) is 0 Å². The Morgan fingerprint density at radius 2 is 1.88 bits per heavy atom. The SMILES string of the molecule is C[C@]12CCCC[C@H]1CC[C@@H]1[C@@H]2CC[C@]2(COCCN3CCCC3)[C@@H](c3ccco3)CC[C@]12O. The van der Waals surface area contributed by atoms with Crippen LogP contribution in [0.15, 0.2) is 22.8 Å². The van der Waals surface area contributed by atoms with Crippen molar-refractivity contribution in [3.8, 4) is 0 Å². The van der Waals surface area contributed by atoms with E-state index in [-0.39, 0.29) is 11.3 Å². The minimum atomic E-state index is -0.619. The molecule has 0 unspecified atom stereocenters. The van der Waals surface area contributed by atoms with Crippen molar-refractivity contribution in [3.63, 3.8) is 0 Å². The minimum Gasteiger partial charge on any atom is -0.469 e. The average Bonchev–Trinajstić information content (AvgIpc) is 3.57. The maximum atomic E-state index is 12.7. The van der Waals surface area contributed by atoms with Crippen LogP contribution in [0, 0.1) is 28.6 Å². The summed E-state index contributed by atoms with van der Waals surface area (Å²) in [6.07, 6.45) is 16.9. The van der Waals surface area contributed by atoms with Gasteiger partial charge in [0.15, 0.2) is 0 Å². The van der Waals surface area contributed by atoms with Crippen molar-refractivity contribution >= 4 is 0 Å². The molecule has 5 aliphatic rings. The van der Waals surface area contributed by atoms with Gasteiger partial charge in [-0.3, -0.25) is 0 Å². The number of rotatable bonds is 6. The van der Waals surface area contributed by atoms with Crippen LogP contribution in [0.25, 0.3) is 0 Å². The molecule has 0 radical (unpaired) electrons. The van der Waals surface area contributed by atoms with Gasteiger partial charge in [-0.1, -0.05) is 19.8 Å². The molecule has 0 bridgehead atoms. The van der Waals surface area contributed by atoms with E-state index >= 15 is 0 Å². The maximum Gasteiger partial charge on any atom is 0.107 e. The fourth-order valence-electron chi connectivity index (χ4n) is 9.74. The van der Waals surface area contributed by atoms with Crippen LogP contribution in [-0.4, -0.2) is 48.5 Å². The summed E-state index contributed by atoms with van der Waals surface area (Å²) in [6.45, 7) is 7.54.